The number of nitrogens with one attached hydrogen (secondary N) is 3. The van der Waals surface area contributed by atoms with Crippen molar-refractivity contribution in [2.45, 2.75) is 26.3 Å². The number of aromatic amines is 2. The van der Waals surface area contributed by atoms with Crippen molar-refractivity contribution in [1.29, 1.82) is 0 Å². The zero-order valence-corrected chi connectivity index (χ0v) is 15.8. The Morgan fingerprint density at radius 2 is 1.82 bits per heavy atom. The molecular formula is C22H22N4O2. The van der Waals surface area contributed by atoms with Crippen LogP contribution in [0.3, 0.4) is 0 Å². The summed E-state index contributed by atoms with van der Waals surface area (Å²) in [4.78, 5) is 36.7. The van der Waals surface area contributed by atoms with Crippen molar-refractivity contribution in [2.24, 2.45) is 5.92 Å². The average molecular weight is 374 g/mol. The van der Waals surface area contributed by atoms with Gasteiger partial charge in [-0.25, -0.2) is 4.98 Å². The minimum absolute atomic E-state index is 0.100. The third-order valence-electron chi connectivity index (χ3n) is 5.23. The van der Waals surface area contributed by atoms with Crippen LogP contribution in [0.1, 0.15) is 42.5 Å². The van der Waals surface area contributed by atoms with Crippen molar-refractivity contribution >= 4 is 27.8 Å². The van der Waals surface area contributed by atoms with Crippen LogP contribution in [0.5, 0.6) is 0 Å². The highest BCUT2D eigenvalue weighted by Crippen LogP contribution is 2.25. The first-order valence-corrected chi connectivity index (χ1v) is 9.44. The Morgan fingerprint density at radius 1 is 1.11 bits per heavy atom. The number of hydrogen-bond donors (Lipinski definition) is 3. The molecule has 0 saturated carbocycles. The number of H-pyrrole nitrogens is 2. The largest absolute Gasteiger partial charge is 0.360 e. The number of nitrogens with zero attached hydrogens (tertiary/aromatic N) is 1. The van der Waals surface area contributed by atoms with E-state index in [1.165, 1.54) is 6.20 Å². The fraction of sp³-hybridized carbons (Fsp3) is 0.227. The topological polar surface area (TPSA) is 90.6 Å². The molecule has 28 heavy (non-hydrogen) atoms. The molecule has 0 bridgehead atoms. The van der Waals surface area contributed by atoms with E-state index in [0.29, 0.717) is 16.7 Å². The summed E-state index contributed by atoms with van der Waals surface area (Å²) in [5.41, 5.74) is 2.30. The molecular weight excluding hydrogens is 352 g/mol. The minimum Gasteiger partial charge on any atom is -0.360 e. The Labute approximate surface area is 162 Å². The fourth-order valence-electron chi connectivity index (χ4n) is 3.39. The van der Waals surface area contributed by atoms with E-state index in [1.807, 2.05) is 36.4 Å². The molecule has 2 aromatic heterocycles. The molecule has 6 heteroatoms. The van der Waals surface area contributed by atoms with E-state index >= 15 is 0 Å². The molecule has 4 aromatic rings. The second-order valence-corrected chi connectivity index (χ2v) is 7.05. The van der Waals surface area contributed by atoms with Gasteiger partial charge in [0.2, 0.25) is 5.43 Å². The molecule has 3 N–H and O–H groups in total. The van der Waals surface area contributed by atoms with Crippen LogP contribution in [0.2, 0.25) is 0 Å². The molecule has 0 spiro atoms. The smallest absolute Gasteiger partial charge is 0.257 e. The van der Waals surface area contributed by atoms with Gasteiger partial charge < -0.3 is 15.3 Å². The number of benzene rings is 2. The highest BCUT2D eigenvalue weighted by atomic mass is 16.2. The molecule has 2 unspecified atom stereocenters. The quantitative estimate of drug-likeness (QED) is 0.494. The van der Waals surface area contributed by atoms with Gasteiger partial charge in [0, 0.05) is 17.1 Å². The van der Waals surface area contributed by atoms with Crippen LogP contribution in [0.25, 0.3) is 21.9 Å². The monoisotopic (exact) mass is 374 g/mol. The van der Waals surface area contributed by atoms with E-state index in [9.17, 15) is 9.59 Å². The van der Waals surface area contributed by atoms with Crippen LogP contribution in [0, 0.1) is 5.92 Å². The third-order valence-corrected chi connectivity index (χ3v) is 5.23. The summed E-state index contributed by atoms with van der Waals surface area (Å²) < 4.78 is 0. The Kier molecular flexibility index (Phi) is 4.69. The lowest BCUT2D eigenvalue weighted by Gasteiger charge is -2.22. The molecule has 0 saturated heterocycles. The fourth-order valence-corrected chi connectivity index (χ4v) is 3.39. The van der Waals surface area contributed by atoms with Crippen LogP contribution in [-0.2, 0) is 0 Å². The van der Waals surface area contributed by atoms with E-state index < -0.39 is 5.91 Å². The summed E-state index contributed by atoms with van der Waals surface area (Å²) in [5, 5.41) is 3.51. The van der Waals surface area contributed by atoms with Crippen LogP contribution >= 0.6 is 0 Å². The lowest BCUT2D eigenvalue weighted by molar-refractivity contribution is 0.0919. The maximum atomic E-state index is 13.0. The maximum Gasteiger partial charge on any atom is 0.257 e. The lowest BCUT2D eigenvalue weighted by Crippen LogP contribution is -2.35. The maximum absolute atomic E-state index is 13.0. The van der Waals surface area contributed by atoms with Crippen molar-refractivity contribution < 1.29 is 4.79 Å². The molecule has 6 nitrogen and oxygen atoms in total. The number of fused-ring (bicyclic) bond motifs is 2. The molecule has 2 heterocycles. The molecule has 1 amide bonds. The second kappa shape index (κ2) is 7.31. The predicted octanol–water partition coefficient (Wildman–Crippen LogP) is 3.92. The van der Waals surface area contributed by atoms with E-state index in [4.69, 9.17) is 0 Å². The van der Waals surface area contributed by atoms with E-state index in [1.54, 1.807) is 12.1 Å². The van der Waals surface area contributed by atoms with Crippen LogP contribution in [-0.4, -0.2) is 20.9 Å². The standard InChI is InChI=1S/C22H22N4O2/c1-3-13(2)19(21-24-17-10-6-7-11-18(17)25-21)26-22(28)15-12-23-16-9-5-4-8-14(16)20(15)27/h4-13,19H,3H2,1-2H3,(H,23,27)(H,24,25)(H,26,28). The number of imidazole rings is 1. The van der Waals surface area contributed by atoms with Gasteiger partial charge in [-0.05, 0) is 30.2 Å². The first-order chi connectivity index (χ1) is 13.6. The molecule has 0 aliphatic heterocycles. The van der Waals surface area contributed by atoms with Gasteiger partial charge in [0.05, 0.1) is 17.1 Å². The number of carbonyl (C=O) groups is 1. The summed E-state index contributed by atoms with van der Waals surface area (Å²) in [6.07, 6.45) is 2.34. The van der Waals surface area contributed by atoms with Gasteiger partial charge >= 0.3 is 0 Å². The SMILES string of the molecule is CCC(C)C(NC(=O)c1c[nH]c2ccccc2c1=O)c1nc2ccccc2[nH]1. The van der Waals surface area contributed by atoms with Gasteiger partial charge in [-0.2, -0.15) is 0 Å². The van der Waals surface area contributed by atoms with Gasteiger partial charge in [-0.15, -0.1) is 0 Å². The number of rotatable bonds is 5. The molecule has 0 fully saturated rings. The summed E-state index contributed by atoms with van der Waals surface area (Å²) in [7, 11) is 0. The number of para-hydroxylation sites is 3. The molecule has 0 aliphatic rings. The number of aromatic nitrogens is 3. The Balaban J connectivity index is 1.70. The van der Waals surface area contributed by atoms with Crippen LogP contribution in [0.4, 0.5) is 0 Å². The number of amides is 1. The number of carbonyl (C=O) groups excluding carboxylic acids is 1. The van der Waals surface area contributed by atoms with Gasteiger partial charge in [0.1, 0.15) is 11.4 Å². The normalized spacial score (nSPS) is 13.5. The third kappa shape index (κ3) is 3.17. The van der Waals surface area contributed by atoms with Gasteiger partial charge in [-0.1, -0.05) is 44.5 Å². The van der Waals surface area contributed by atoms with Crippen molar-refractivity contribution in [2.75, 3.05) is 0 Å². The molecule has 142 valence electrons. The lowest BCUT2D eigenvalue weighted by atomic mass is 9.98. The summed E-state index contributed by atoms with van der Waals surface area (Å²) >= 11 is 0. The van der Waals surface area contributed by atoms with Crippen LogP contribution in [0.15, 0.2) is 59.5 Å². The minimum atomic E-state index is -0.405. The zero-order valence-electron chi connectivity index (χ0n) is 15.8. The molecule has 2 atom stereocenters. The van der Waals surface area contributed by atoms with Crippen molar-refractivity contribution in [1.82, 2.24) is 20.3 Å². The predicted molar refractivity (Wildman–Crippen MR) is 110 cm³/mol. The average Bonchev–Trinajstić information content (AvgIpc) is 3.15. The summed E-state index contributed by atoms with van der Waals surface area (Å²) in [6, 6.07) is 14.6. The summed E-state index contributed by atoms with van der Waals surface area (Å²) in [5.74, 6) is 0.433. The Bertz CT molecular complexity index is 1170. The number of pyridine rings is 1. The Morgan fingerprint density at radius 3 is 2.57 bits per heavy atom. The van der Waals surface area contributed by atoms with Crippen LogP contribution < -0.4 is 10.7 Å². The van der Waals surface area contributed by atoms with Crippen molar-refractivity contribution in [3.8, 4) is 0 Å². The highest BCUT2D eigenvalue weighted by molar-refractivity contribution is 5.97. The molecule has 0 radical (unpaired) electrons. The van der Waals surface area contributed by atoms with Crippen molar-refractivity contribution in [3.63, 3.8) is 0 Å². The van der Waals surface area contributed by atoms with E-state index in [0.717, 1.165) is 17.5 Å². The second-order valence-electron chi connectivity index (χ2n) is 7.05. The van der Waals surface area contributed by atoms with Gasteiger partial charge in [-0.3, -0.25) is 9.59 Å². The zero-order chi connectivity index (χ0) is 19.7. The van der Waals surface area contributed by atoms with Gasteiger partial charge in [0.25, 0.3) is 5.91 Å². The Hall–Kier alpha value is -3.41. The molecule has 0 aliphatic carbocycles. The number of hydrogen-bond acceptors (Lipinski definition) is 3. The molecule has 4 rings (SSSR count). The summed E-state index contributed by atoms with van der Waals surface area (Å²) in [6.45, 7) is 4.12. The van der Waals surface area contributed by atoms with Crippen molar-refractivity contribution in [3.05, 3.63) is 76.3 Å². The highest BCUT2D eigenvalue weighted by Gasteiger charge is 2.25. The molecule has 2 aromatic carbocycles. The van der Waals surface area contributed by atoms with Gasteiger partial charge in [0.15, 0.2) is 0 Å². The first-order valence-electron chi connectivity index (χ1n) is 9.44. The van der Waals surface area contributed by atoms with E-state index in [2.05, 4.69) is 34.1 Å². The van der Waals surface area contributed by atoms with E-state index in [-0.39, 0.29) is 23.0 Å². The first kappa shape index (κ1) is 18.0.